The Balaban J connectivity index is 0.00000450. The Bertz CT molecular complexity index is 605. The third-order valence-electron chi connectivity index (χ3n) is 4.96. The molecule has 1 atom stereocenters. The normalized spacial score (nSPS) is 16.7. The Morgan fingerprint density at radius 1 is 1.13 bits per heavy atom. The number of aliphatic imine (C=N–C) groups is 1. The molecule has 1 aromatic carbocycles. The number of ether oxygens (including phenoxy) is 3. The molecule has 1 aliphatic heterocycles. The minimum Gasteiger partial charge on any atom is -0.497 e. The number of piperidine rings is 1. The lowest BCUT2D eigenvalue weighted by atomic mass is 10.1. The van der Waals surface area contributed by atoms with Crippen molar-refractivity contribution in [3.05, 3.63) is 24.3 Å². The number of guanidine groups is 1. The number of benzene rings is 1. The summed E-state index contributed by atoms with van der Waals surface area (Å²) in [6, 6.07) is 8.08. The largest absolute Gasteiger partial charge is 0.497 e. The average molecular weight is 534 g/mol. The molecule has 30 heavy (non-hydrogen) atoms. The number of hydrogen-bond acceptors (Lipinski definition) is 5. The highest BCUT2D eigenvalue weighted by atomic mass is 127. The molecule has 0 spiro atoms. The maximum atomic E-state index is 5.95. The van der Waals surface area contributed by atoms with Gasteiger partial charge in [0.2, 0.25) is 0 Å². The third kappa shape index (κ3) is 10.2. The van der Waals surface area contributed by atoms with Crippen LogP contribution in [0, 0.1) is 0 Å². The second-order valence-corrected chi connectivity index (χ2v) is 7.74. The van der Waals surface area contributed by atoms with Gasteiger partial charge >= 0.3 is 0 Å². The molecule has 7 nitrogen and oxygen atoms in total. The van der Waals surface area contributed by atoms with Crippen molar-refractivity contribution in [3.8, 4) is 11.5 Å². The molecule has 0 radical (unpaired) electrons. The molecule has 2 N–H and O–H groups in total. The highest BCUT2D eigenvalue weighted by molar-refractivity contribution is 14.0. The smallest absolute Gasteiger partial charge is 0.191 e. The van der Waals surface area contributed by atoms with E-state index in [9.17, 15) is 0 Å². The number of hydrogen-bond donors (Lipinski definition) is 2. The molecular formula is C22H39IN4O3. The molecule has 172 valence electrons. The Kier molecular flexibility index (Phi) is 13.1. The number of likely N-dealkylation sites (tertiary alicyclic amines) is 1. The number of nitrogens with zero attached hydrogens (tertiary/aromatic N) is 2. The molecule has 8 heteroatoms. The van der Waals surface area contributed by atoms with Gasteiger partial charge in [0.15, 0.2) is 5.96 Å². The first-order valence-electron chi connectivity index (χ1n) is 10.6. The van der Waals surface area contributed by atoms with Crippen LogP contribution in [-0.2, 0) is 4.74 Å². The molecule has 1 fully saturated rings. The van der Waals surface area contributed by atoms with E-state index in [0.717, 1.165) is 56.5 Å². The standard InChI is InChI=1S/C22H38N4O3.HI/c1-17(2)28-15-14-26-12-10-19(11-13-26)25-22(23-4)24-16-18(3)29-21-8-6-20(27-5)7-9-21;/h6-9,17-19H,10-16H2,1-5H3,(H2,23,24,25);1H. The van der Waals surface area contributed by atoms with Crippen molar-refractivity contribution in [2.45, 2.75) is 51.9 Å². The van der Waals surface area contributed by atoms with Crippen LogP contribution in [0.15, 0.2) is 29.3 Å². The van der Waals surface area contributed by atoms with Crippen LogP contribution in [0.5, 0.6) is 11.5 Å². The van der Waals surface area contributed by atoms with Gasteiger partial charge in [0.25, 0.3) is 0 Å². The number of halogens is 1. The van der Waals surface area contributed by atoms with E-state index in [1.54, 1.807) is 7.11 Å². The average Bonchev–Trinajstić information content (AvgIpc) is 2.72. The van der Waals surface area contributed by atoms with Crippen molar-refractivity contribution in [1.29, 1.82) is 0 Å². The van der Waals surface area contributed by atoms with E-state index in [4.69, 9.17) is 14.2 Å². The molecule has 0 aliphatic carbocycles. The zero-order valence-corrected chi connectivity index (χ0v) is 21.3. The van der Waals surface area contributed by atoms with Crippen LogP contribution in [0.2, 0.25) is 0 Å². The summed E-state index contributed by atoms with van der Waals surface area (Å²) in [4.78, 5) is 6.83. The SMILES string of the molecule is CN=C(NCC(C)Oc1ccc(OC)cc1)NC1CCN(CCOC(C)C)CC1.I. The summed E-state index contributed by atoms with van der Waals surface area (Å²) in [6.07, 6.45) is 2.55. The Morgan fingerprint density at radius 3 is 2.33 bits per heavy atom. The number of nitrogens with one attached hydrogen (secondary N) is 2. The monoisotopic (exact) mass is 534 g/mol. The van der Waals surface area contributed by atoms with Gasteiger partial charge in [-0.2, -0.15) is 0 Å². The summed E-state index contributed by atoms with van der Waals surface area (Å²) in [5, 5.41) is 6.92. The summed E-state index contributed by atoms with van der Waals surface area (Å²) in [5.74, 6) is 2.49. The second-order valence-electron chi connectivity index (χ2n) is 7.74. The summed E-state index contributed by atoms with van der Waals surface area (Å²) in [7, 11) is 3.47. The maximum absolute atomic E-state index is 5.95. The minimum atomic E-state index is 0. The van der Waals surface area contributed by atoms with E-state index in [2.05, 4.69) is 34.4 Å². The van der Waals surface area contributed by atoms with Gasteiger partial charge in [-0.1, -0.05) is 0 Å². The van der Waals surface area contributed by atoms with E-state index in [1.807, 2.05) is 38.2 Å². The summed E-state index contributed by atoms with van der Waals surface area (Å²) >= 11 is 0. The molecule has 0 saturated carbocycles. The van der Waals surface area contributed by atoms with Gasteiger partial charge in [-0.25, -0.2) is 0 Å². The third-order valence-corrected chi connectivity index (χ3v) is 4.96. The molecule has 1 aromatic rings. The molecular weight excluding hydrogens is 495 g/mol. The van der Waals surface area contributed by atoms with Crippen LogP contribution in [0.4, 0.5) is 0 Å². The molecule has 1 heterocycles. The van der Waals surface area contributed by atoms with Gasteiger partial charge in [-0.15, -0.1) is 24.0 Å². The van der Waals surface area contributed by atoms with Crippen LogP contribution in [0.3, 0.4) is 0 Å². The fraction of sp³-hybridized carbons (Fsp3) is 0.682. The predicted molar refractivity (Wildman–Crippen MR) is 134 cm³/mol. The first kappa shape index (κ1) is 26.8. The summed E-state index contributed by atoms with van der Waals surface area (Å²) < 4.78 is 16.8. The molecule has 0 amide bonds. The van der Waals surface area contributed by atoms with Gasteiger partial charge in [-0.05, 0) is 57.9 Å². The fourth-order valence-electron chi connectivity index (χ4n) is 3.28. The lowest BCUT2D eigenvalue weighted by Crippen LogP contribution is -2.50. The van der Waals surface area contributed by atoms with Crippen molar-refractivity contribution in [1.82, 2.24) is 15.5 Å². The van der Waals surface area contributed by atoms with Crippen LogP contribution in [-0.4, -0.2) is 76.1 Å². The number of methoxy groups -OCH3 is 1. The fourth-order valence-corrected chi connectivity index (χ4v) is 3.28. The van der Waals surface area contributed by atoms with Crippen molar-refractivity contribution in [2.75, 3.05) is 46.9 Å². The lowest BCUT2D eigenvalue weighted by molar-refractivity contribution is 0.0532. The van der Waals surface area contributed by atoms with Crippen molar-refractivity contribution in [2.24, 2.45) is 4.99 Å². The molecule has 1 aliphatic rings. The van der Waals surface area contributed by atoms with Crippen LogP contribution in [0.1, 0.15) is 33.6 Å². The van der Waals surface area contributed by atoms with E-state index < -0.39 is 0 Å². The molecule has 1 unspecified atom stereocenters. The second kappa shape index (κ2) is 14.7. The van der Waals surface area contributed by atoms with Crippen molar-refractivity contribution in [3.63, 3.8) is 0 Å². The van der Waals surface area contributed by atoms with E-state index in [0.29, 0.717) is 18.7 Å². The summed E-state index contributed by atoms with van der Waals surface area (Å²) in [5.41, 5.74) is 0. The van der Waals surface area contributed by atoms with Crippen LogP contribution < -0.4 is 20.1 Å². The first-order valence-corrected chi connectivity index (χ1v) is 10.6. The van der Waals surface area contributed by atoms with Crippen molar-refractivity contribution < 1.29 is 14.2 Å². The van der Waals surface area contributed by atoms with E-state index >= 15 is 0 Å². The van der Waals surface area contributed by atoms with Crippen molar-refractivity contribution >= 4 is 29.9 Å². The van der Waals surface area contributed by atoms with E-state index in [1.165, 1.54) is 0 Å². The Labute approximate surface area is 199 Å². The molecule has 1 saturated heterocycles. The summed E-state index contributed by atoms with van der Waals surface area (Å²) in [6.45, 7) is 10.9. The van der Waals surface area contributed by atoms with Gasteiger partial charge in [0.05, 0.1) is 26.4 Å². The quantitative estimate of drug-likeness (QED) is 0.273. The Hall–Kier alpha value is -1.26. The van der Waals surface area contributed by atoms with Crippen LogP contribution >= 0.6 is 24.0 Å². The van der Waals surface area contributed by atoms with Crippen LogP contribution in [0.25, 0.3) is 0 Å². The highest BCUT2D eigenvalue weighted by Crippen LogP contribution is 2.18. The molecule has 0 aromatic heterocycles. The van der Waals surface area contributed by atoms with E-state index in [-0.39, 0.29) is 30.1 Å². The lowest BCUT2D eigenvalue weighted by Gasteiger charge is -2.33. The van der Waals surface area contributed by atoms with Gasteiger partial charge < -0.3 is 29.7 Å². The highest BCUT2D eigenvalue weighted by Gasteiger charge is 2.20. The molecule has 0 bridgehead atoms. The zero-order valence-electron chi connectivity index (χ0n) is 19.0. The number of rotatable bonds is 10. The zero-order chi connectivity index (χ0) is 21.1. The molecule has 2 rings (SSSR count). The van der Waals surface area contributed by atoms with Gasteiger partial charge in [-0.3, -0.25) is 4.99 Å². The minimum absolute atomic E-state index is 0. The predicted octanol–water partition coefficient (Wildman–Crippen LogP) is 3.13. The topological polar surface area (TPSA) is 67.4 Å². The Morgan fingerprint density at radius 2 is 1.77 bits per heavy atom. The maximum Gasteiger partial charge on any atom is 0.191 e. The first-order chi connectivity index (χ1) is 14.0. The van der Waals surface area contributed by atoms with Gasteiger partial charge in [0, 0.05) is 32.7 Å². The van der Waals surface area contributed by atoms with Gasteiger partial charge in [0.1, 0.15) is 17.6 Å².